The Bertz CT molecular complexity index is 556. The summed E-state index contributed by atoms with van der Waals surface area (Å²) in [6.07, 6.45) is 4.48. The van der Waals surface area contributed by atoms with Crippen molar-refractivity contribution in [2.75, 3.05) is 45.9 Å². The summed E-state index contributed by atoms with van der Waals surface area (Å²) < 4.78 is 5.28. The van der Waals surface area contributed by atoms with E-state index in [1.807, 2.05) is 0 Å². The maximum atomic E-state index is 12.1. The van der Waals surface area contributed by atoms with E-state index in [-0.39, 0.29) is 11.8 Å². The first-order chi connectivity index (χ1) is 11.2. The average Bonchev–Trinajstić information content (AvgIpc) is 2.60. The molecule has 0 aliphatic carbocycles. The summed E-state index contributed by atoms with van der Waals surface area (Å²) in [7, 11) is 0. The number of nitrogens with zero attached hydrogens (tertiary/aromatic N) is 2. The van der Waals surface area contributed by atoms with Gasteiger partial charge in [-0.3, -0.25) is 19.5 Å². The predicted molar refractivity (Wildman–Crippen MR) is 86.4 cm³/mol. The zero-order valence-corrected chi connectivity index (χ0v) is 13.1. The smallest absolute Gasteiger partial charge is 0.253 e. The van der Waals surface area contributed by atoms with Crippen LogP contribution in [0, 0.1) is 0 Å². The minimum absolute atomic E-state index is 0.232. The second-order valence-electron chi connectivity index (χ2n) is 5.17. The highest BCUT2D eigenvalue weighted by molar-refractivity contribution is 5.99. The van der Waals surface area contributed by atoms with Crippen LogP contribution in [0.4, 0.5) is 0 Å². The molecule has 1 aliphatic rings. The maximum absolute atomic E-state index is 12.1. The van der Waals surface area contributed by atoms with Crippen molar-refractivity contribution in [3.8, 4) is 0 Å². The van der Waals surface area contributed by atoms with Gasteiger partial charge in [-0.05, 0) is 6.07 Å². The first-order valence-corrected chi connectivity index (χ1v) is 7.63. The summed E-state index contributed by atoms with van der Waals surface area (Å²) in [5.41, 5.74) is 0.728. The van der Waals surface area contributed by atoms with Crippen molar-refractivity contribution in [2.24, 2.45) is 0 Å². The third-order valence-corrected chi connectivity index (χ3v) is 3.49. The highest BCUT2D eigenvalue weighted by Gasteiger charge is 2.12. The summed E-state index contributed by atoms with van der Waals surface area (Å²) >= 11 is 0. The number of nitrogens with one attached hydrogen (secondary N) is 2. The molecule has 124 valence electrons. The number of ether oxygens (including phenoxy) is 1. The molecule has 0 spiro atoms. The lowest BCUT2D eigenvalue weighted by atomic mass is 10.2. The molecular formula is C16H22N4O3. The van der Waals surface area contributed by atoms with E-state index in [0.29, 0.717) is 24.2 Å². The molecule has 0 atom stereocenters. The topological polar surface area (TPSA) is 83.6 Å². The number of pyridine rings is 1. The molecule has 0 radical (unpaired) electrons. The number of carbonyl (C=O) groups excluding carboxylic acids is 2. The van der Waals surface area contributed by atoms with Gasteiger partial charge in [0, 0.05) is 45.1 Å². The van der Waals surface area contributed by atoms with Crippen molar-refractivity contribution in [3.63, 3.8) is 0 Å². The van der Waals surface area contributed by atoms with Gasteiger partial charge in [0.15, 0.2) is 0 Å². The second-order valence-corrected chi connectivity index (χ2v) is 5.17. The Morgan fingerprint density at radius 2 is 1.87 bits per heavy atom. The minimum atomic E-state index is -0.277. The van der Waals surface area contributed by atoms with Gasteiger partial charge in [-0.15, -0.1) is 6.58 Å². The summed E-state index contributed by atoms with van der Waals surface area (Å²) in [4.78, 5) is 30.2. The number of carbonyl (C=O) groups is 2. The summed E-state index contributed by atoms with van der Waals surface area (Å²) in [5, 5.41) is 5.50. The van der Waals surface area contributed by atoms with E-state index < -0.39 is 0 Å². The van der Waals surface area contributed by atoms with E-state index in [4.69, 9.17) is 4.74 Å². The Hall–Kier alpha value is -2.25. The molecule has 2 amide bonds. The van der Waals surface area contributed by atoms with E-state index in [2.05, 4.69) is 27.1 Å². The van der Waals surface area contributed by atoms with E-state index in [1.165, 1.54) is 18.5 Å². The number of hydrogen-bond acceptors (Lipinski definition) is 5. The minimum Gasteiger partial charge on any atom is -0.379 e. The zero-order chi connectivity index (χ0) is 16.5. The molecule has 2 N–H and O–H groups in total. The van der Waals surface area contributed by atoms with Gasteiger partial charge < -0.3 is 15.4 Å². The van der Waals surface area contributed by atoms with Gasteiger partial charge in [0.05, 0.1) is 24.3 Å². The molecule has 2 rings (SSSR count). The van der Waals surface area contributed by atoms with Crippen LogP contribution in [0.3, 0.4) is 0 Å². The van der Waals surface area contributed by atoms with Gasteiger partial charge in [-0.2, -0.15) is 0 Å². The average molecular weight is 318 g/mol. The fraction of sp³-hybridized carbons (Fsp3) is 0.438. The highest BCUT2D eigenvalue weighted by Crippen LogP contribution is 2.03. The van der Waals surface area contributed by atoms with Gasteiger partial charge in [0.25, 0.3) is 11.8 Å². The number of morpholine rings is 1. The number of rotatable bonds is 7. The van der Waals surface area contributed by atoms with E-state index >= 15 is 0 Å². The van der Waals surface area contributed by atoms with Crippen LogP contribution in [0.25, 0.3) is 0 Å². The molecule has 1 saturated heterocycles. The Balaban J connectivity index is 1.83. The molecule has 2 heterocycles. The zero-order valence-electron chi connectivity index (χ0n) is 13.1. The van der Waals surface area contributed by atoms with Gasteiger partial charge in [0.2, 0.25) is 0 Å². The molecular weight excluding hydrogens is 296 g/mol. The van der Waals surface area contributed by atoms with Crippen molar-refractivity contribution in [1.29, 1.82) is 0 Å². The number of aromatic nitrogens is 1. The van der Waals surface area contributed by atoms with Crippen LogP contribution < -0.4 is 10.6 Å². The molecule has 1 fully saturated rings. The van der Waals surface area contributed by atoms with Crippen molar-refractivity contribution < 1.29 is 14.3 Å². The number of amides is 2. The van der Waals surface area contributed by atoms with Crippen LogP contribution in [0.5, 0.6) is 0 Å². The van der Waals surface area contributed by atoms with Gasteiger partial charge in [0.1, 0.15) is 0 Å². The van der Waals surface area contributed by atoms with E-state index in [0.717, 1.165) is 32.8 Å². The molecule has 0 unspecified atom stereocenters. The molecule has 23 heavy (non-hydrogen) atoms. The van der Waals surface area contributed by atoms with Gasteiger partial charge in [-0.25, -0.2) is 0 Å². The maximum Gasteiger partial charge on any atom is 0.253 e. The largest absolute Gasteiger partial charge is 0.379 e. The quantitative estimate of drug-likeness (QED) is 0.695. The molecule has 0 bridgehead atoms. The molecule has 1 aromatic heterocycles. The molecule has 0 aromatic carbocycles. The van der Waals surface area contributed by atoms with Crippen LogP contribution in [0.2, 0.25) is 0 Å². The summed E-state index contributed by atoms with van der Waals surface area (Å²) in [6.45, 7) is 8.48. The normalized spacial score (nSPS) is 15.0. The predicted octanol–water partition coefficient (Wildman–Crippen LogP) is 0.0594. The third-order valence-electron chi connectivity index (χ3n) is 3.49. The van der Waals surface area contributed by atoms with Gasteiger partial charge in [-0.1, -0.05) is 6.08 Å². The Morgan fingerprint density at radius 1 is 1.22 bits per heavy atom. The monoisotopic (exact) mass is 318 g/mol. The van der Waals surface area contributed by atoms with Crippen LogP contribution in [0.1, 0.15) is 20.7 Å². The molecule has 7 nitrogen and oxygen atoms in total. The first-order valence-electron chi connectivity index (χ1n) is 7.63. The Kier molecular flexibility index (Phi) is 6.71. The Labute approximate surface area is 135 Å². The van der Waals surface area contributed by atoms with Crippen LogP contribution in [0.15, 0.2) is 31.1 Å². The molecule has 1 aliphatic heterocycles. The first kappa shape index (κ1) is 17.1. The van der Waals surface area contributed by atoms with Crippen molar-refractivity contribution in [1.82, 2.24) is 20.5 Å². The van der Waals surface area contributed by atoms with Crippen molar-refractivity contribution in [3.05, 3.63) is 42.2 Å². The standard InChI is InChI=1S/C16H22N4O3/c1-2-3-18-15(21)13-10-14(12-17-11-13)16(22)19-4-5-20-6-8-23-9-7-20/h2,10-12H,1,3-9H2,(H,18,21)(H,19,22). The summed E-state index contributed by atoms with van der Waals surface area (Å²) in [5.74, 6) is -0.510. The lowest BCUT2D eigenvalue weighted by Crippen LogP contribution is -2.41. The van der Waals surface area contributed by atoms with Crippen molar-refractivity contribution in [2.45, 2.75) is 0 Å². The summed E-state index contributed by atoms with van der Waals surface area (Å²) in [6, 6.07) is 1.54. The highest BCUT2D eigenvalue weighted by atomic mass is 16.5. The third kappa shape index (κ3) is 5.46. The van der Waals surface area contributed by atoms with Crippen molar-refractivity contribution >= 4 is 11.8 Å². The van der Waals surface area contributed by atoms with Crippen LogP contribution in [-0.2, 0) is 4.74 Å². The Morgan fingerprint density at radius 3 is 2.52 bits per heavy atom. The lowest BCUT2D eigenvalue weighted by Gasteiger charge is -2.26. The van der Waals surface area contributed by atoms with Crippen LogP contribution in [-0.4, -0.2) is 67.6 Å². The SMILES string of the molecule is C=CCNC(=O)c1cncc(C(=O)NCCN2CCOCC2)c1. The fourth-order valence-corrected chi connectivity index (χ4v) is 2.21. The van der Waals surface area contributed by atoms with Gasteiger partial charge >= 0.3 is 0 Å². The molecule has 0 saturated carbocycles. The molecule has 1 aromatic rings. The molecule has 7 heteroatoms. The number of hydrogen-bond donors (Lipinski definition) is 2. The van der Waals surface area contributed by atoms with Crippen LogP contribution >= 0.6 is 0 Å². The lowest BCUT2D eigenvalue weighted by molar-refractivity contribution is 0.0383. The second kappa shape index (κ2) is 9.02. The fourth-order valence-electron chi connectivity index (χ4n) is 2.21. The van der Waals surface area contributed by atoms with E-state index in [1.54, 1.807) is 6.08 Å². The van der Waals surface area contributed by atoms with E-state index in [9.17, 15) is 9.59 Å².